The molecule has 0 spiro atoms. The Labute approximate surface area is 158 Å². The molecule has 1 atom stereocenters. The van der Waals surface area contributed by atoms with E-state index in [2.05, 4.69) is 10.6 Å². The number of esters is 1. The minimum atomic E-state index is -0.739. The highest BCUT2D eigenvalue weighted by molar-refractivity contribution is 6.10. The van der Waals surface area contributed by atoms with Gasteiger partial charge in [0.05, 0.1) is 18.7 Å². The van der Waals surface area contributed by atoms with Crippen molar-refractivity contribution in [1.82, 2.24) is 5.32 Å². The lowest BCUT2D eigenvalue weighted by Gasteiger charge is -2.16. The normalized spacial score (nSPS) is 11.6. The molecule has 0 saturated carbocycles. The first-order valence-corrected chi connectivity index (χ1v) is 8.96. The van der Waals surface area contributed by atoms with Crippen molar-refractivity contribution >= 4 is 29.5 Å². The fraction of sp³-hybridized carbons (Fsp3) is 0.556. The highest BCUT2D eigenvalue weighted by Gasteiger charge is 2.29. The fourth-order valence-corrected chi connectivity index (χ4v) is 2.65. The number of rotatable bonds is 10. The van der Waals surface area contributed by atoms with Crippen LogP contribution in [0, 0.1) is 6.92 Å². The Hall–Kier alpha value is -2.68. The van der Waals surface area contributed by atoms with E-state index < -0.39 is 11.9 Å². The Bertz CT molecular complexity index is 710. The molecule has 0 bridgehead atoms. The van der Waals surface area contributed by atoms with Crippen LogP contribution in [0.25, 0.3) is 0 Å². The molecule has 1 aromatic rings. The zero-order valence-corrected chi connectivity index (χ0v) is 16.5. The number of carbonyl (C=O) groups is 4. The molecular formula is C18H28N3O6+. The third-order valence-electron chi connectivity index (χ3n) is 3.86. The predicted molar refractivity (Wildman–Crippen MR) is 98.0 cm³/mol. The molecule has 27 heavy (non-hydrogen) atoms. The van der Waals surface area contributed by atoms with Gasteiger partial charge in [-0.15, -0.1) is 0 Å². The summed E-state index contributed by atoms with van der Waals surface area (Å²) in [6.45, 7) is 9.51. The maximum absolute atomic E-state index is 12.4. The quantitative estimate of drug-likeness (QED) is 0.385. The van der Waals surface area contributed by atoms with Gasteiger partial charge in [-0.1, -0.05) is 0 Å². The van der Waals surface area contributed by atoms with E-state index in [9.17, 15) is 19.2 Å². The zero-order valence-electron chi connectivity index (χ0n) is 16.5. The molecule has 0 aliphatic heterocycles. The van der Waals surface area contributed by atoms with E-state index in [1.807, 2.05) is 13.8 Å². The molecule has 9 heteroatoms. The van der Waals surface area contributed by atoms with Gasteiger partial charge >= 0.3 is 5.97 Å². The van der Waals surface area contributed by atoms with Gasteiger partial charge in [-0.2, -0.15) is 0 Å². The lowest BCUT2D eigenvalue weighted by molar-refractivity contribution is -0.881. The minimum absolute atomic E-state index is 0.00501. The van der Waals surface area contributed by atoms with E-state index in [1.165, 1.54) is 13.8 Å². The van der Waals surface area contributed by atoms with Crippen LogP contribution in [0.15, 0.2) is 4.42 Å². The van der Waals surface area contributed by atoms with Crippen LogP contribution in [0.3, 0.4) is 0 Å². The molecule has 2 amide bonds. The average molecular weight is 382 g/mol. The first-order chi connectivity index (χ1) is 12.7. The Kier molecular flexibility index (Phi) is 8.67. The molecule has 150 valence electrons. The van der Waals surface area contributed by atoms with E-state index >= 15 is 0 Å². The summed E-state index contributed by atoms with van der Waals surface area (Å²) < 4.78 is 10.4. The molecule has 1 rings (SSSR count). The SMILES string of the molecule is CCNC(=O)C[NH+](CC)CC(=O)Nc1oc(C)c(C(C)=O)c1C(=O)OCC. The van der Waals surface area contributed by atoms with Gasteiger partial charge in [0.15, 0.2) is 18.9 Å². The van der Waals surface area contributed by atoms with E-state index in [4.69, 9.17) is 9.15 Å². The molecule has 1 aromatic heterocycles. The number of Topliss-reactive ketones (excluding diaryl/α,β-unsaturated/α-hetero) is 1. The smallest absolute Gasteiger partial charge is 0.344 e. The Morgan fingerprint density at radius 1 is 1.04 bits per heavy atom. The number of ketones is 1. The van der Waals surface area contributed by atoms with E-state index in [-0.39, 0.29) is 54.2 Å². The number of anilines is 1. The number of furan rings is 1. The number of hydrogen-bond donors (Lipinski definition) is 3. The van der Waals surface area contributed by atoms with E-state index in [0.717, 1.165) is 4.90 Å². The number of amides is 2. The van der Waals surface area contributed by atoms with Crippen molar-refractivity contribution in [2.75, 3.05) is 38.1 Å². The third-order valence-corrected chi connectivity index (χ3v) is 3.86. The van der Waals surface area contributed by atoms with E-state index in [0.29, 0.717) is 13.1 Å². The Morgan fingerprint density at radius 3 is 2.19 bits per heavy atom. The van der Waals surface area contributed by atoms with Gasteiger partial charge in [0.1, 0.15) is 11.3 Å². The van der Waals surface area contributed by atoms with Gasteiger partial charge in [0, 0.05) is 6.54 Å². The minimum Gasteiger partial charge on any atom is -0.462 e. The summed E-state index contributed by atoms with van der Waals surface area (Å²) in [6, 6.07) is 0. The van der Waals surface area contributed by atoms with Crippen LogP contribution in [-0.2, 0) is 14.3 Å². The summed E-state index contributed by atoms with van der Waals surface area (Å²) in [4.78, 5) is 48.9. The van der Waals surface area contributed by atoms with Gasteiger partial charge in [-0.05, 0) is 34.6 Å². The van der Waals surface area contributed by atoms with Crippen LogP contribution < -0.4 is 15.5 Å². The fourth-order valence-electron chi connectivity index (χ4n) is 2.65. The van der Waals surface area contributed by atoms with Gasteiger partial charge in [-0.3, -0.25) is 19.7 Å². The summed E-state index contributed by atoms with van der Waals surface area (Å²) in [5.74, 6) is -1.58. The summed E-state index contributed by atoms with van der Waals surface area (Å²) in [5, 5.41) is 5.21. The largest absolute Gasteiger partial charge is 0.462 e. The number of likely N-dealkylation sites (N-methyl/N-ethyl adjacent to an activating group) is 2. The molecule has 0 radical (unpaired) electrons. The monoisotopic (exact) mass is 382 g/mol. The van der Waals surface area contributed by atoms with Crippen LogP contribution in [-0.4, -0.2) is 56.4 Å². The molecule has 1 heterocycles. The van der Waals surface area contributed by atoms with Crippen molar-refractivity contribution in [2.45, 2.75) is 34.6 Å². The average Bonchev–Trinajstić information content (AvgIpc) is 2.90. The van der Waals surface area contributed by atoms with E-state index in [1.54, 1.807) is 6.92 Å². The first kappa shape index (κ1) is 22.4. The molecule has 0 aromatic carbocycles. The van der Waals surface area contributed by atoms with Crippen LogP contribution in [0.5, 0.6) is 0 Å². The van der Waals surface area contributed by atoms with Crippen LogP contribution in [0.1, 0.15) is 54.2 Å². The maximum atomic E-state index is 12.4. The maximum Gasteiger partial charge on any atom is 0.344 e. The lowest BCUT2D eigenvalue weighted by Crippen LogP contribution is -3.14. The van der Waals surface area contributed by atoms with Crippen molar-refractivity contribution in [3.8, 4) is 0 Å². The zero-order chi connectivity index (χ0) is 20.6. The van der Waals surface area contributed by atoms with Crippen molar-refractivity contribution in [2.24, 2.45) is 0 Å². The Morgan fingerprint density at radius 2 is 1.67 bits per heavy atom. The molecule has 9 nitrogen and oxygen atoms in total. The predicted octanol–water partition coefficient (Wildman–Crippen LogP) is -0.0533. The summed E-state index contributed by atoms with van der Waals surface area (Å²) in [6.07, 6.45) is 0. The van der Waals surface area contributed by atoms with Crippen LogP contribution in [0.2, 0.25) is 0 Å². The van der Waals surface area contributed by atoms with Gasteiger partial charge < -0.3 is 19.4 Å². The second kappa shape index (κ2) is 10.5. The number of carbonyl (C=O) groups excluding carboxylic acids is 4. The lowest BCUT2D eigenvalue weighted by atomic mass is 10.1. The summed E-state index contributed by atoms with van der Waals surface area (Å²) >= 11 is 0. The van der Waals surface area contributed by atoms with Crippen LogP contribution in [0.4, 0.5) is 5.88 Å². The molecule has 1 unspecified atom stereocenters. The number of nitrogens with one attached hydrogen (secondary N) is 3. The molecular weight excluding hydrogens is 354 g/mol. The number of hydrogen-bond acceptors (Lipinski definition) is 6. The molecule has 0 aliphatic carbocycles. The molecule has 0 fully saturated rings. The van der Waals surface area contributed by atoms with Gasteiger partial charge in [-0.25, -0.2) is 4.79 Å². The second-order valence-corrected chi connectivity index (χ2v) is 5.97. The van der Waals surface area contributed by atoms with Gasteiger partial charge in [0.2, 0.25) is 5.88 Å². The molecule has 0 saturated heterocycles. The number of quaternary nitrogens is 1. The first-order valence-electron chi connectivity index (χ1n) is 8.96. The number of aryl methyl sites for hydroxylation is 1. The van der Waals surface area contributed by atoms with Crippen LogP contribution >= 0.6 is 0 Å². The molecule has 3 N–H and O–H groups in total. The second-order valence-electron chi connectivity index (χ2n) is 5.97. The third kappa shape index (κ3) is 6.21. The number of ether oxygens (including phenoxy) is 1. The van der Waals surface area contributed by atoms with Gasteiger partial charge in [0.25, 0.3) is 11.8 Å². The summed E-state index contributed by atoms with van der Waals surface area (Å²) in [7, 11) is 0. The van der Waals surface area contributed by atoms with Crippen molar-refractivity contribution in [3.63, 3.8) is 0 Å². The molecule has 0 aliphatic rings. The van der Waals surface area contributed by atoms with Crippen molar-refractivity contribution in [3.05, 3.63) is 16.9 Å². The highest BCUT2D eigenvalue weighted by atomic mass is 16.5. The Balaban J connectivity index is 2.98. The van der Waals surface area contributed by atoms with Crippen molar-refractivity contribution < 1.29 is 33.2 Å². The topological polar surface area (TPSA) is 119 Å². The standard InChI is InChI=1S/C18H27N3O6/c1-6-19-13(23)9-21(7-2)10-14(24)20-17-16(18(25)26-8-3)15(11(4)22)12(5)27-17/h6-10H2,1-5H3,(H,19,23)(H,20,24)/p+1. The van der Waals surface area contributed by atoms with Crippen molar-refractivity contribution in [1.29, 1.82) is 0 Å². The summed E-state index contributed by atoms with van der Waals surface area (Å²) in [5.41, 5.74) is 0.00254. The highest BCUT2D eigenvalue weighted by Crippen LogP contribution is 2.28.